The van der Waals surface area contributed by atoms with Gasteiger partial charge in [-0.1, -0.05) is 54.6 Å². The van der Waals surface area contributed by atoms with Crippen LogP contribution >= 0.6 is 0 Å². The number of allylic oxidation sites excluding steroid dienone is 1. The van der Waals surface area contributed by atoms with Crippen molar-refractivity contribution in [1.82, 2.24) is 0 Å². The van der Waals surface area contributed by atoms with Crippen LogP contribution in [0.3, 0.4) is 0 Å². The number of benzene rings is 1. The van der Waals surface area contributed by atoms with Crippen LogP contribution in [0.1, 0.15) is 12.6 Å². The number of nitrogens with zero attached hydrogens (tertiary/aromatic N) is 1. The summed E-state index contributed by atoms with van der Waals surface area (Å²) in [6.45, 7) is 5.98. The Balaban J connectivity index is 2.52. The summed E-state index contributed by atoms with van der Waals surface area (Å²) in [7, 11) is 2.09. The molecule has 0 saturated heterocycles. The minimum atomic E-state index is 0.958. The molecule has 1 nitrogen and oxygen atoms in total. The summed E-state index contributed by atoms with van der Waals surface area (Å²) in [4.78, 5) is 0. The Labute approximate surface area is 114 Å². The topological polar surface area (TPSA) is 3.88 Å². The molecule has 2 rings (SSSR count). The first-order valence-corrected chi connectivity index (χ1v) is 6.53. The first kappa shape index (κ1) is 13.3. The predicted octanol–water partition coefficient (Wildman–Crippen LogP) is 1.89. The van der Waals surface area contributed by atoms with Gasteiger partial charge in [0.15, 0.2) is 11.9 Å². The van der Waals surface area contributed by atoms with Gasteiger partial charge < -0.3 is 0 Å². The molecule has 0 aliphatic heterocycles. The zero-order chi connectivity index (χ0) is 13.7. The van der Waals surface area contributed by atoms with Crippen LogP contribution in [0.2, 0.25) is 0 Å². The lowest BCUT2D eigenvalue weighted by Crippen LogP contribution is -2.34. The Bertz CT molecular complexity index is 696. The summed E-state index contributed by atoms with van der Waals surface area (Å²) in [5, 5.41) is 2.53. The van der Waals surface area contributed by atoms with Crippen LogP contribution in [0.25, 0.3) is 11.6 Å². The zero-order valence-electron chi connectivity index (χ0n) is 11.6. The van der Waals surface area contributed by atoms with Crippen molar-refractivity contribution >= 4 is 11.6 Å². The summed E-state index contributed by atoms with van der Waals surface area (Å²) in [5.41, 5.74) is 2.68. The third-order valence-electron chi connectivity index (χ3n) is 3.33. The lowest BCUT2D eigenvalue weighted by molar-refractivity contribution is -0.678. The molecule has 0 unspecified atom stereocenters. The van der Waals surface area contributed by atoms with E-state index < -0.39 is 0 Å². The zero-order valence-corrected chi connectivity index (χ0v) is 11.6. The second kappa shape index (κ2) is 6.14. The average Bonchev–Trinajstić information content (AvgIpc) is 2.42. The second-order valence-corrected chi connectivity index (χ2v) is 4.75. The molecule has 1 aromatic carbocycles. The molecule has 1 heteroatoms. The fourth-order valence-electron chi connectivity index (χ4n) is 2.27. The SMILES string of the molecule is C=CC=c1ccccc1=C(C)Cc1cccc[n+]1C. The normalized spacial score (nSPS) is 13.3. The van der Waals surface area contributed by atoms with E-state index in [0.717, 1.165) is 6.42 Å². The van der Waals surface area contributed by atoms with Crippen LogP contribution in [0.4, 0.5) is 0 Å². The van der Waals surface area contributed by atoms with E-state index >= 15 is 0 Å². The van der Waals surface area contributed by atoms with Crippen LogP contribution in [0.5, 0.6) is 0 Å². The van der Waals surface area contributed by atoms with Gasteiger partial charge in [-0.2, -0.15) is 0 Å². The van der Waals surface area contributed by atoms with Crippen molar-refractivity contribution in [2.75, 3.05) is 0 Å². The molecule has 0 radical (unpaired) electrons. The van der Waals surface area contributed by atoms with Crippen LogP contribution in [0.15, 0.2) is 61.3 Å². The Morgan fingerprint density at radius 2 is 1.89 bits per heavy atom. The van der Waals surface area contributed by atoms with Gasteiger partial charge in [-0.25, -0.2) is 4.57 Å². The first-order valence-electron chi connectivity index (χ1n) is 6.53. The fourth-order valence-corrected chi connectivity index (χ4v) is 2.27. The number of aromatic nitrogens is 1. The molecule has 2 aromatic rings. The van der Waals surface area contributed by atoms with Crippen molar-refractivity contribution in [2.45, 2.75) is 13.3 Å². The maximum atomic E-state index is 3.79. The van der Waals surface area contributed by atoms with Gasteiger partial charge in [0, 0.05) is 12.1 Å². The summed E-state index contributed by atoms with van der Waals surface area (Å²) >= 11 is 0. The highest BCUT2D eigenvalue weighted by molar-refractivity contribution is 5.48. The Morgan fingerprint density at radius 3 is 2.63 bits per heavy atom. The van der Waals surface area contributed by atoms with Crippen LogP contribution in [-0.4, -0.2) is 0 Å². The number of pyridine rings is 1. The highest BCUT2D eigenvalue weighted by atomic mass is 14.9. The third kappa shape index (κ3) is 3.19. The van der Waals surface area contributed by atoms with Gasteiger partial charge in [0.1, 0.15) is 7.05 Å². The van der Waals surface area contributed by atoms with E-state index in [1.165, 1.54) is 21.7 Å². The first-order chi connectivity index (χ1) is 9.22. The van der Waals surface area contributed by atoms with Gasteiger partial charge in [0.2, 0.25) is 0 Å². The molecule has 0 saturated carbocycles. The van der Waals surface area contributed by atoms with E-state index in [2.05, 4.69) is 79.9 Å². The van der Waals surface area contributed by atoms with Crippen molar-refractivity contribution < 1.29 is 4.57 Å². The average molecular weight is 250 g/mol. The second-order valence-electron chi connectivity index (χ2n) is 4.75. The van der Waals surface area contributed by atoms with Gasteiger partial charge in [-0.05, 0) is 17.4 Å². The summed E-state index contributed by atoms with van der Waals surface area (Å²) in [5.74, 6) is 0. The van der Waals surface area contributed by atoms with Crippen molar-refractivity contribution in [3.8, 4) is 0 Å². The largest absolute Gasteiger partial charge is 0.205 e. The van der Waals surface area contributed by atoms with E-state index in [9.17, 15) is 0 Å². The lowest BCUT2D eigenvalue weighted by atomic mass is 10.1. The molecule has 0 N–H and O–H groups in total. The van der Waals surface area contributed by atoms with Crippen molar-refractivity contribution in [2.24, 2.45) is 7.05 Å². The molecule has 1 heterocycles. The van der Waals surface area contributed by atoms with E-state index in [-0.39, 0.29) is 0 Å². The van der Waals surface area contributed by atoms with Crippen molar-refractivity contribution in [3.05, 3.63) is 77.4 Å². The maximum Gasteiger partial charge on any atom is 0.185 e. The highest BCUT2D eigenvalue weighted by Crippen LogP contribution is 2.01. The van der Waals surface area contributed by atoms with Gasteiger partial charge in [-0.3, -0.25) is 0 Å². The number of hydrogen-bond acceptors (Lipinski definition) is 0. The summed E-state index contributed by atoms with van der Waals surface area (Å²) < 4.78 is 2.17. The number of hydrogen-bond donors (Lipinski definition) is 0. The quantitative estimate of drug-likeness (QED) is 0.733. The van der Waals surface area contributed by atoms with Crippen molar-refractivity contribution in [3.63, 3.8) is 0 Å². The minimum absolute atomic E-state index is 0.958. The van der Waals surface area contributed by atoms with E-state index in [1.54, 1.807) is 0 Å². The van der Waals surface area contributed by atoms with Gasteiger partial charge in [-0.15, -0.1) is 0 Å². The molecule has 0 amide bonds. The van der Waals surface area contributed by atoms with Gasteiger partial charge in [0.25, 0.3) is 0 Å². The van der Waals surface area contributed by atoms with Crippen LogP contribution in [0, 0.1) is 0 Å². The highest BCUT2D eigenvalue weighted by Gasteiger charge is 2.05. The molecule has 0 bridgehead atoms. The van der Waals surface area contributed by atoms with Crippen LogP contribution in [-0.2, 0) is 13.5 Å². The smallest absolute Gasteiger partial charge is 0.185 e. The number of rotatable bonds is 3. The fraction of sp³-hybridized carbons (Fsp3) is 0.167. The van der Waals surface area contributed by atoms with Gasteiger partial charge in [0.05, 0.1) is 6.42 Å². The monoisotopic (exact) mass is 250 g/mol. The summed E-state index contributed by atoms with van der Waals surface area (Å²) in [6, 6.07) is 14.8. The standard InChI is InChI=1S/C18H20N/c1-4-9-16-10-5-6-12-18(16)15(2)14-17-11-7-8-13-19(17)3/h4-13H,1,14H2,2-3H3/q+1. The predicted molar refractivity (Wildman–Crippen MR) is 80.8 cm³/mol. The van der Waals surface area contributed by atoms with E-state index in [0.29, 0.717) is 0 Å². The van der Waals surface area contributed by atoms with Crippen LogP contribution < -0.4 is 15.0 Å². The molecular weight excluding hydrogens is 230 g/mol. The number of aryl methyl sites for hydroxylation is 1. The van der Waals surface area contributed by atoms with E-state index in [4.69, 9.17) is 0 Å². The van der Waals surface area contributed by atoms with Crippen molar-refractivity contribution in [1.29, 1.82) is 0 Å². The Hall–Kier alpha value is -2.15. The van der Waals surface area contributed by atoms with Gasteiger partial charge >= 0.3 is 0 Å². The lowest BCUT2D eigenvalue weighted by Gasteiger charge is -2.01. The molecule has 19 heavy (non-hydrogen) atoms. The maximum absolute atomic E-state index is 3.79. The Morgan fingerprint density at radius 1 is 1.16 bits per heavy atom. The molecule has 1 aromatic heterocycles. The molecule has 0 atom stereocenters. The molecule has 0 fully saturated rings. The molecule has 0 aliphatic rings. The van der Waals surface area contributed by atoms with E-state index in [1.807, 2.05) is 6.08 Å². The molecule has 0 aliphatic carbocycles. The summed E-state index contributed by atoms with van der Waals surface area (Å²) in [6.07, 6.45) is 6.95. The minimum Gasteiger partial charge on any atom is -0.205 e. The third-order valence-corrected chi connectivity index (χ3v) is 3.33. The molecular formula is C18H20N+. The Kier molecular flexibility index (Phi) is 4.30. The molecule has 0 spiro atoms. The molecule has 96 valence electrons.